The summed E-state index contributed by atoms with van der Waals surface area (Å²) < 4.78 is 0. The van der Waals surface area contributed by atoms with Crippen LogP contribution < -0.4 is 0 Å². The van der Waals surface area contributed by atoms with Crippen LogP contribution in [0.1, 0.15) is 27.2 Å². The first-order valence-corrected chi connectivity index (χ1v) is 5.37. The summed E-state index contributed by atoms with van der Waals surface area (Å²) in [7, 11) is 2.04. The standard InChI is InChI=1S/C11H25NO2/c1-5-10(2)6-12(4)7-11(3,8-13)9-14/h10,13-14H,5-9H2,1-4H3. The molecule has 0 radical (unpaired) electrons. The van der Waals surface area contributed by atoms with E-state index in [1.807, 2.05) is 14.0 Å². The maximum atomic E-state index is 9.14. The first-order chi connectivity index (χ1) is 6.47. The second-order valence-corrected chi connectivity index (χ2v) is 4.84. The zero-order valence-corrected chi connectivity index (χ0v) is 9.95. The zero-order chi connectivity index (χ0) is 11.2. The van der Waals surface area contributed by atoms with E-state index in [-0.39, 0.29) is 18.6 Å². The van der Waals surface area contributed by atoms with Crippen LogP contribution in [0.15, 0.2) is 0 Å². The molecule has 14 heavy (non-hydrogen) atoms. The lowest BCUT2D eigenvalue weighted by Crippen LogP contribution is -2.40. The van der Waals surface area contributed by atoms with E-state index in [2.05, 4.69) is 18.7 Å². The third kappa shape index (κ3) is 4.94. The number of hydrogen-bond donors (Lipinski definition) is 2. The number of hydrogen-bond acceptors (Lipinski definition) is 3. The van der Waals surface area contributed by atoms with Crippen LogP contribution in [0.3, 0.4) is 0 Å². The summed E-state index contributed by atoms with van der Waals surface area (Å²) in [5.74, 6) is 0.668. The van der Waals surface area contributed by atoms with Gasteiger partial charge in [0.05, 0.1) is 13.2 Å². The molecule has 0 amide bonds. The minimum atomic E-state index is -0.373. The predicted octanol–water partition coefficient (Wildman–Crippen LogP) is 0.955. The smallest absolute Gasteiger partial charge is 0.0519 e. The topological polar surface area (TPSA) is 43.7 Å². The maximum absolute atomic E-state index is 9.14. The summed E-state index contributed by atoms with van der Waals surface area (Å²) in [4.78, 5) is 2.18. The van der Waals surface area contributed by atoms with Crippen molar-refractivity contribution in [2.24, 2.45) is 11.3 Å². The fourth-order valence-corrected chi connectivity index (χ4v) is 1.53. The molecule has 0 aliphatic rings. The minimum absolute atomic E-state index is 0.0361. The second kappa shape index (κ2) is 6.38. The molecule has 0 aromatic heterocycles. The van der Waals surface area contributed by atoms with E-state index in [1.165, 1.54) is 6.42 Å². The van der Waals surface area contributed by atoms with Gasteiger partial charge >= 0.3 is 0 Å². The summed E-state index contributed by atoms with van der Waals surface area (Å²) in [5, 5.41) is 18.3. The molecule has 2 N–H and O–H groups in total. The van der Waals surface area contributed by atoms with E-state index in [0.717, 1.165) is 13.1 Å². The molecule has 0 rings (SSSR count). The average molecular weight is 203 g/mol. The van der Waals surface area contributed by atoms with Crippen molar-refractivity contribution in [1.29, 1.82) is 0 Å². The van der Waals surface area contributed by atoms with Crippen LogP contribution in [-0.4, -0.2) is 48.5 Å². The Bertz CT molecular complexity index is 146. The van der Waals surface area contributed by atoms with Crippen LogP contribution >= 0.6 is 0 Å². The largest absolute Gasteiger partial charge is 0.396 e. The van der Waals surface area contributed by atoms with Crippen molar-refractivity contribution in [3.63, 3.8) is 0 Å². The highest BCUT2D eigenvalue weighted by Gasteiger charge is 2.24. The highest BCUT2D eigenvalue weighted by atomic mass is 16.3. The molecule has 3 heteroatoms. The van der Waals surface area contributed by atoms with Gasteiger partial charge < -0.3 is 15.1 Å². The van der Waals surface area contributed by atoms with Crippen molar-refractivity contribution < 1.29 is 10.2 Å². The Morgan fingerprint density at radius 3 is 2.14 bits per heavy atom. The third-order valence-electron chi connectivity index (χ3n) is 2.74. The van der Waals surface area contributed by atoms with Crippen molar-refractivity contribution >= 4 is 0 Å². The van der Waals surface area contributed by atoms with Gasteiger partial charge in [0.25, 0.3) is 0 Å². The second-order valence-electron chi connectivity index (χ2n) is 4.84. The molecule has 0 fully saturated rings. The maximum Gasteiger partial charge on any atom is 0.0519 e. The minimum Gasteiger partial charge on any atom is -0.396 e. The summed E-state index contributed by atoms with van der Waals surface area (Å²) in [6.45, 7) is 8.13. The van der Waals surface area contributed by atoms with Gasteiger partial charge in [-0.2, -0.15) is 0 Å². The van der Waals surface area contributed by atoms with Gasteiger partial charge in [0, 0.05) is 18.5 Å². The van der Waals surface area contributed by atoms with Crippen LogP contribution in [0.2, 0.25) is 0 Å². The number of aliphatic hydroxyl groups excluding tert-OH is 2. The molecule has 0 spiro atoms. The molecular formula is C11H25NO2. The lowest BCUT2D eigenvalue weighted by atomic mass is 9.92. The number of aliphatic hydroxyl groups is 2. The van der Waals surface area contributed by atoms with Crippen LogP contribution in [0.5, 0.6) is 0 Å². The van der Waals surface area contributed by atoms with E-state index in [0.29, 0.717) is 5.92 Å². The van der Waals surface area contributed by atoms with Gasteiger partial charge in [-0.15, -0.1) is 0 Å². The van der Waals surface area contributed by atoms with Crippen LogP contribution in [0.25, 0.3) is 0 Å². The molecule has 0 aliphatic carbocycles. The van der Waals surface area contributed by atoms with Gasteiger partial charge in [0.1, 0.15) is 0 Å². The SMILES string of the molecule is CCC(C)CN(C)CC(C)(CO)CO. The first kappa shape index (κ1) is 13.9. The van der Waals surface area contributed by atoms with Crippen LogP contribution in [-0.2, 0) is 0 Å². The van der Waals surface area contributed by atoms with Crippen molar-refractivity contribution in [2.75, 3.05) is 33.4 Å². The number of rotatable bonds is 7. The van der Waals surface area contributed by atoms with E-state index in [9.17, 15) is 0 Å². The fourth-order valence-electron chi connectivity index (χ4n) is 1.53. The summed E-state index contributed by atoms with van der Waals surface area (Å²) in [6, 6.07) is 0. The molecule has 0 saturated carbocycles. The van der Waals surface area contributed by atoms with Crippen LogP contribution in [0.4, 0.5) is 0 Å². The van der Waals surface area contributed by atoms with E-state index >= 15 is 0 Å². The molecule has 0 heterocycles. The highest BCUT2D eigenvalue weighted by molar-refractivity contribution is 4.76. The van der Waals surface area contributed by atoms with Gasteiger partial charge in [-0.1, -0.05) is 27.2 Å². The van der Waals surface area contributed by atoms with Crippen molar-refractivity contribution in [2.45, 2.75) is 27.2 Å². The number of nitrogens with zero attached hydrogens (tertiary/aromatic N) is 1. The molecule has 0 aromatic rings. The fraction of sp³-hybridized carbons (Fsp3) is 1.00. The molecular weight excluding hydrogens is 178 g/mol. The van der Waals surface area contributed by atoms with Crippen LogP contribution in [0, 0.1) is 11.3 Å². The van der Waals surface area contributed by atoms with Gasteiger partial charge in [-0.3, -0.25) is 0 Å². The summed E-state index contributed by atoms with van der Waals surface area (Å²) in [5.41, 5.74) is -0.373. The average Bonchev–Trinajstić information content (AvgIpc) is 2.17. The third-order valence-corrected chi connectivity index (χ3v) is 2.74. The van der Waals surface area contributed by atoms with Gasteiger partial charge in [0.2, 0.25) is 0 Å². The molecule has 0 bridgehead atoms. The van der Waals surface area contributed by atoms with Crippen molar-refractivity contribution in [3.05, 3.63) is 0 Å². The first-order valence-electron chi connectivity index (χ1n) is 5.37. The molecule has 1 atom stereocenters. The molecule has 3 nitrogen and oxygen atoms in total. The Labute approximate surface area is 87.7 Å². The molecule has 0 aromatic carbocycles. The Morgan fingerprint density at radius 2 is 1.79 bits per heavy atom. The monoisotopic (exact) mass is 203 g/mol. The molecule has 86 valence electrons. The summed E-state index contributed by atoms with van der Waals surface area (Å²) in [6.07, 6.45) is 1.17. The zero-order valence-electron chi connectivity index (χ0n) is 9.95. The van der Waals surface area contributed by atoms with E-state index in [1.54, 1.807) is 0 Å². The predicted molar refractivity (Wildman–Crippen MR) is 59.2 cm³/mol. The van der Waals surface area contributed by atoms with Crippen molar-refractivity contribution in [3.8, 4) is 0 Å². The molecule has 1 unspecified atom stereocenters. The Hall–Kier alpha value is -0.120. The normalized spacial score (nSPS) is 14.8. The quantitative estimate of drug-likeness (QED) is 0.647. The molecule has 0 saturated heterocycles. The van der Waals surface area contributed by atoms with Crippen molar-refractivity contribution in [1.82, 2.24) is 4.90 Å². The van der Waals surface area contributed by atoms with Gasteiger partial charge in [0.15, 0.2) is 0 Å². The summed E-state index contributed by atoms with van der Waals surface area (Å²) >= 11 is 0. The Morgan fingerprint density at radius 1 is 1.29 bits per heavy atom. The van der Waals surface area contributed by atoms with E-state index in [4.69, 9.17) is 10.2 Å². The Kier molecular flexibility index (Phi) is 6.33. The van der Waals surface area contributed by atoms with Gasteiger partial charge in [-0.05, 0) is 13.0 Å². The lowest BCUT2D eigenvalue weighted by Gasteiger charge is -2.31. The molecule has 0 aliphatic heterocycles. The Balaban J connectivity index is 3.96. The lowest BCUT2D eigenvalue weighted by molar-refractivity contribution is 0.0388. The van der Waals surface area contributed by atoms with Gasteiger partial charge in [-0.25, -0.2) is 0 Å². The van der Waals surface area contributed by atoms with E-state index < -0.39 is 0 Å². The highest BCUT2D eigenvalue weighted by Crippen LogP contribution is 2.16.